The third kappa shape index (κ3) is 7.69. The van der Waals surface area contributed by atoms with Crippen molar-refractivity contribution in [3.05, 3.63) is 35.9 Å². The van der Waals surface area contributed by atoms with Crippen LogP contribution in [0.25, 0.3) is 0 Å². The van der Waals surface area contributed by atoms with Crippen LogP contribution in [-0.2, 0) is 4.79 Å². The molecule has 1 atom stereocenters. The maximum atomic E-state index is 12.0. The van der Waals surface area contributed by atoms with Crippen LogP contribution in [0.1, 0.15) is 62.2 Å². The minimum Gasteiger partial charge on any atom is -0.356 e. The van der Waals surface area contributed by atoms with Gasteiger partial charge in [0.25, 0.3) is 5.91 Å². The number of hydrogen-bond donors (Lipinski definition) is 3. The fraction of sp³-hybridized carbons (Fsp3) is 0.600. The lowest BCUT2D eigenvalue weighted by molar-refractivity contribution is -0.121. The van der Waals surface area contributed by atoms with E-state index < -0.39 is 0 Å². The van der Waals surface area contributed by atoms with Crippen LogP contribution in [0.3, 0.4) is 0 Å². The Morgan fingerprint density at radius 2 is 1.80 bits per heavy atom. The summed E-state index contributed by atoms with van der Waals surface area (Å²) >= 11 is 0. The van der Waals surface area contributed by atoms with Gasteiger partial charge in [0.2, 0.25) is 5.91 Å². The molecular weight excluding hydrogens is 314 g/mol. The first kappa shape index (κ1) is 19.4. The fourth-order valence-corrected chi connectivity index (χ4v) is 3.23. The molecule has 2 amide bonds. The summed E-state index contributed by atoms with van der Waals surface area (Å²) in [6.07, 6.45) is 7.84. The van der Waals surface area contributed by atoms with Crippen molar-refractivity contribution in [2.24, 2.45) is 0 Å². The van der Waals surface area contributed by atoms with Crippen LogP contribution in [0.15, 0.2) is 30.3 Å². The van der Waals surface area contributed by atoms with E-state index in [-0.39, 0.29) is 17.9 Å². The average molecular weight is 345 g/mol. The van der Waals surface area contributed by atoms with Crippen LogP contribution in [0.4, 0.5) is 0 Å². The van der Waals surface area contributed by atoms with Crippen molar-refractivity contribution in [2.75, 3.05) is 13.1 Å². The second-order valence-electron chi connectivity index (χ2n) is 6.94. The molecule has 0 saturated heterocycles. The molecule has 1 fully saturated rings. The van der Waals surface area contributed by atoms with Gasteiger partial charge in [0.15, 0.2) is 0 Å². The van der Waals surface area contributed by atoms with Gasteiger partial charge in [-0.05, 0) is 44.9 Å². The Kier molecular flexibility index (Phi) is 8.46. The molecule has 0 spiro atoms. The predicted octanol–water partition coefficient (Wildman–Crippen LogP) is 2.62. The van der Waals surface area contributed by atoms with Crippen LogP contribution in [-0.4, -0.2) is 37.0 Å². The Morgan fingerprint density at radius 3 is 2.52 bits per heavy atom. The molecule has 2 rings (SSSR count). The minimum absolute atomic E-state index is 0.0153. The van der Waals surface area contributed by atoms with Crippen LogP contribution < -0.4 is 16.0 Å². The standard InChI is InChI=1S/C20H31N3O2/c1-16(23-20(25)17-9-4-2-5-10-17)15-19(24)22-14-8-13-21-18-11-6-3-7-12-18/h2,4-5,9-10,16,18,21H,3,6-8,11-15H2,1H3,(H,22,24)(H,23,25)/t16-/m0/s1. The van der Waals surface area contributed by atoms with Gasteiger partial charge in [0, 0.05) is 30.6 Å². The molecule has 5 heteroatoms. The summed E-state index contributed by atoms with van der Waals surface area (Å²) in [5.74, 6) is -0.156. The third-order valence-electron chi connectivity index (χ3n) is 4.62. The molecule has 1 aliphatic rings. The third-order valence-corrected chi connectivity index (χ3v) is 4.62. The van der Waals surface area contributed by atoms with Crippen molar-refractivity contribution >= 4 is 11.8 Å². The molecule has 3 N–H and O–H groups in total. The smallest absolute Gasteiger partial charge is 0.251 e. The van der Waals surface area contributed by atoms with Crippen molar-refractivity contribution in [2.45, 2.75) is 64.0 Å². The lowest BCUT2D eigenvalue weighted by atomic mass is 9.95. The van der Waals surface area contributed by atoms with Crippen molar-refractivity contribution in [1.29, 1.82) is 0 Å². The molecule has 0 radical (unpaired) electrons. The summed E-state index contributed by atoms with van der Waals surface area (Å²) in [6, 6.07) is 9.53. The number of carbonyl (C=O) groups is 2. The average Bonchev–Trinajstić information content (AvgIpc) is 2.63. The quantitative estimate of drug-likeness (QED) is 0.603. The predicted molar refractivity (Wildman–Crippen MR) is 100 cm³/mol. The number of amides is 2. The molecule has 5 nitrogen and oxygen atoms in total. The van der Waals surface area contributed by atoms with E-state index in [1.54, 1.807) is 12.1 Å². The summed E-state index contributed by atoms with van der Waals surface area (Å²) in [6.45, 7) is 3.48. The summed E-state index contributed by atoms with van der Waals surface area (Å²) in [4.78, 5) is 24.0. The second kappa shape index (κ2) is 10.9. The lowest BCUT2D eigenvalue weighted by Crippen LogP contribution is -2.38. The first-order valence-electron chi connectivity index (χ1n) is 9.51. The van der Waals surface area contributed by atoms with Gasteiger partial charge in [-0.25, -0.2) is 0 Å². The molecule has 0 heterocycles. The molecule has 0 aliphatic heterocycles. The van der Waals surface area contributed by atoms with Gasteiger partial charge in [-0.3, -0.25) is 9.59 Å². The highest BCUT2D eigenvalue weighted by molar-refractivity contribution is 5.94. The van der Waals surface area contributed by atoms with E-state index in [4.69, 9.17) is 0 Å². The maximum absolute atomic E-state index is 12.0. The molecule has 1 aromatic rings. The SMILES string of the molecule is C[C@@H](CC(=O)NCCCNC1CCCCC1)NC(=O)c1ccccc1. The summed E-state index contributed by atoms with van der Waals surface area (Å²) in [5, 5.41) is 9.37. The van der Waals surface area contributed by atoms with E-state index in [9.17, 15) is 9.59 Å². The van der Waals surface area contributed by atoms with Gasteiger partial charge >= 0.3 is 0 Å². The number of nitrogens with one attached hydrogen (secondary N) is 3. The first-order chi connectivity index (χ1) is 12.1. The largest absolute Gasteiger partial charge is 0.356 e. The highest BCUT2D eigenvalue weighted by Gasteiger charge is 2.13. The molecule has 1 aromatic carbocycles. The summed E-state index contributed by atoms with van der Waals surface area (Å²) < 4.78 is 0. The zero-order valence-electron chi connectivity index (χ0n) is 15.2. The molecule has 25 heavy (non-hydrogen) atoms. The van der Waals surface area contributed by atoms with E-state index in [1.807, 2.05) is 25.1 Å². The van der Waals surface area contributed by atoms with Gasteiger partial charge in [-0.2, -0.15) is 0 Å². The highest BCUT2D eigenvalue weighted by atomic mass is 16.2. The van der Waals surface area contributed by atoms with Crippen molar-refractivity contribution in [1.82, 2.24) is 16.0 Å². The first-order valence-corrected chi connectivity index (χ1v) is 9.51. The van der Waals surface area contributed by atoms with Crippen LogP contribution in [0.2, 0.25) is 0 Å². The Balaban J connectivity index is 1.54. The highest BCUT2D eigenvalue weighted by Crippen LogP contribution is 2.17. The van der Waals surface area contributed by atoms with Gasteiger partial charge in [-0.15, -0.1) is 0 Å². The van der Waals surface area contributed by atoms with Gasteiger partial charge in [-0.1, -0.05) is 37.5 Å². The van der Waals surface area contributed by atoms with E-state index in [1.165, 1.54) is 32.1 Å². The lowest BCUT2D eigenvalue weighted by Gasteiger charge is -2.22. The summed E-state index contributed by atoms with van der Waals surface area (Å²) in [7, 11) is 0. The number of benzene rings is 1. The number of carbonyl (C=O) groups excluding carboxylic acids is 2. The van der Waals surface area contributed by atoms with E-state index in [0.29, 0.717) is 24.6 Å². The molecule has 0 unspecified atom stereocenters. The van der Waals surface area contributed by atoms with E-state index >= 15 is 0 Å². The summed E-state index contributed by atoms with van der Waals surface area (Å²) in [5.41, 5.74) is 0.614. The van der Waals surface area contributed by atoms with E-state index in [0.717, 1.165) is 13.0 Å². The molecule has 0 aromatic heterocycles. The normalized spacial score (nSPS) is 16.2. The maximum Gasteiger partial charge on any atom is 0.251 e. The second-order valence-corrected chi connectivity index (χ2v) is 6.94. The monoisotopic (exact) mass is 345 g/mol. The zero-order chi connectivity index (χ0) is 17.9. The van der Waals surface area contributed by atoms with Crippen molar-refractivity contribution in [3.8, 4) is 0 Å². The number of rotatable bonds is 9. The van der Waals surface area contributed by atoms with Crippen LogP contribution in [0.5, 0.6) is 0 Å². The molecule has 0 bridgehead atoms. The Morgan fingerprint density at radius 1 is 1.08 bits per heavy atom. The number of hydrogen-bond acceptors (Lipinski definition) is 3. The van der Waals surface area contributed by atoms with Gasteiger partial charge < -0.3 is 16.0 Å². The van der Waals surface area contributed by atoms with Crippen LogP contribution >= 0.6 is 0 Å². The minimum atomic E-state index is -0.187. The Labute approximate surface area is 151 Å². The fourth-order valence-electron chi connectivity index (χ4n) is 3.23. The van der Waals surface area contributed by atoms with Crippen molar-refractivity contribution in [3.63, 3.8) is 0 Å². The molecular formula is C20H31N3O2. The Hall–Kier alpha value is -1.88. The van der Waals surface area contributed by atoms with Gasteiger partial charge in [0.1, 0.15) is 0 Å². The molecule has 138 valence electrons. The molecule has 1 saturated carbocycles. The topological polar surface area (TPSA) is 70.2 Å². The van der Waals surface area contributed by atoms with Gasteiger partial charge in [0.05, 0.1) is 0 Å². The van der Waals surface area contributed by atoms with E-state index in [2.05, 4.69) is 16.0 Å². The van der Waals surface area contributed by atoms with Crippen molar-refractivity contribution < 1.29 is 9.59 Å². The van der Waals surface area contributed by atoms with Crippen LogP contribution in [0, 0.1) is 0 Å². The molecule has 1 aliphatic carbocycles. The Bertz CT molecular complexity index is 527. The zero-order valence-corrected chi connectivity index (χ0v) is 15.2.